The zero-order valence-electron chi connectivity index (χ0n) is 9.32. The highest BCUT2D eigenvalue weighted by molar-refractivity contribution is 5.86. The van der Waals surface area contributed by atoms with Crippen molar-refractivity contribution in [2.24, 2.45) is 0 Å². The molecule has 2 N–H and O–H groups in total. The Kier molecular flexibility index (Phi) is 3.20. The lowest BCUT2D eigenvalue weighted by Crippen LogP contribution is -2.15. The molecule has 0 aliphatic rings. The Morgan fingerprint density at radius 1 is 1.41 bits per heavy atom. The van der Waals surface area contributed by atoms with Crippen molar-refractivity contribution in [2.75, 3.05) is 13.6 Å². The van der Waals surface area contributed by atoms with Crippen LogP contribution in [0, 0.1) is 0 Å². The van der Waals surface area contributed by atoms with Gasteiger partial charge in [0, 0.05) is 6.54 Å². The van der Waals surface area contributed by atoms with Gasteiger partial charge < -0.3 is 9.73 Å². The van der Waals surface area contributed by atoms with E-state index in [0.29, 0.717) is 17.4 Å². The van der Waals surface area contributed by atoms with Gasteiger partial charge in [0.1, 0.15) is 0 Å². The molecule has 0 radical (unpaired) electrons. The van der Waals surface area contributed by atoms with Crippen LogP contribution >= 0.6 is 0 Å². The zero-order chi connectivity index (χ0) is 12.3. The van der Waals surface area contributed by atoms with E-state index >= 15 is 0 Å². The molecule has 0 fully saturated rings. The predicted octanol–water partition coefficient (Wildman–Crippen LogP) is 0.714. The van der Waals surface area contributed by atoms with Crippen molar-refractivity contribution in [1.29, 1.82) is 0 Å². The van der Waals surface area contributed by atoms with E-state index in [1.165, 1.54) is 0 Å². The topological polar surface area (TPSA) is 75.1 Å². The zero-order valence-corrected chi connectivity index (χ0v) is 9.32. The summed E-state index contributed by atoms with van der Waals surface area (Å²) in [6.45, 7) is 0.699. The van der Waals surface area contributed by atoms with Crippen LogP contribution in [0.4, 0.5) is 0 Å². The molecule has 0 bridgehead atoms. The van der Waals surface area contributed by atoms with Crippen LogP contribution in [0.1, 0.15) is 5.56 Å². The normalized spacial score (nSPS) is 11.4. The van der Waals surface area contributed by atoms with Crippen LogP contribution < -0.4 is 16.7 Å². The Morgan fingerprint density at radius 2 is 2.24 bits per heavy atom. The van der Waals surface area contributed by atoms with E-state index < -0.39 is 11.4 Å². The Balaban J connectivity index is 2.65. The Bertz CT molecular complexity index is 667. The largest absolute Gasteiger partial charge is 0.419 e. The summed E-state index contributed by atoms with van der Waals surface area (Å²) < 4.78 is 4.52. The Hall–Kier alpha value is -2.14. The third-order valence-electron chi connectivity index (χ3n) is 2.34. The van der Waals surface area contributed by atoms with E-state index in [4.69, 9.17) is 0 Å². The summed E-state index contributed by atoms with van der Waals surface area (Å²) in [6, 6.07) is 5.24. The van der Waals surface area contributed by atoms with Gasteiger partial charge in [0.2, 0.25) is 0 Å². The summed E-state index contributed by atoms with van der Waals surface area (Å²) in [5, 5.41) is 3.35. The van der Waals surface area contributed by atoms with Crippen molar-refractivity contribution in [3.05, 3.63) is 50.8 Å². The van der Waals surface area contributed by atoms with Crippen molar-refractivity contribution in [3.63, 3.8) is 0 Å². The minimum atomic E-state index is -0.737. The summed E-state index contributed by atoms with van der Waals surface area (Å²) in [7, 11) is 1.83. The van der Waals surface area contributed by atoms with Gasteiger partial charge >= 0.3 is 11.4 Å². The van der Waals surface area contributed by atoms with Crippen molar-refractivity contribution in [3.8, 4) is 0 Å². The molecule has 0 aliphatic heterocycles. The average Bonchev–Trinajstić information content (AvgIpc) is 2.28. The van der Waals surface area contributed by atoms with Crippen LogP contribution in [0.3, 0.4) is 0 Å². The van der Waals surface area contributed by atoms with Crippen LogP contribution in [0.25, 0.3) is 17.0 Å². The first-order valence-corrected chi connectivity index (χ1v) is 5.19. The fourth-order valence-electron chi connectivity index (χ4n) is 1.62. The average molecular weight is 232 g/mol. The highest BCUT2D eigenvalue weighted by atomic mass is 16.4. The third kappa shape index (κ3) is 2.34. The van der Waals surface area contributed by atoms with Crippen molar-refractivity contribution >= 4 is 17.0 Å². The van der Waals surface area contributed by atoms with E-state index in [0.717, 1.165) is 5.56 Å². The first-order valence-electron chi connectivity index (χ1n) is 5.19. The molecule has 0 atom stereocenters. The molecule has 1 aromatic heterocycles. The fourth-order valence-corrected chi connectivity index (χ4v) is 1.62. The van der Waals surface area contributed by atoms with Crippen LogP contribution in [0.2, 0.25) is 0 Å². The van der Waals surface area contributed by atoms with Gasteiger partial charge in [-0.1, -0.05) is 24.3 Å². The number of rotatable bonds is 3. The minimum absolute atomic E-state index is 0.388. The molecular weight excluding hydrogens is 220 g/mol. The number of fused-ring (bicyclic) bond motifs is 1. The monoisotopic (exact) mass is 232 g/mol. The molecule has 2 rings (SSSR count). The molecule has 5 heteroatoms. The van der Waals surface area contributed by atoms with Crippen LogP contribution in [0.15, 0.2) is 38.3 Å². The highest BCUT2D eigenvalue weighted by Crippen LogP contribution is 2.13. The van der Waals surface area contributed by atoms with E-state index in [-0.39, 0.29) is 0 Å². The van der Waals surface area contributed by atoms with Gasteiger partial charge in [-0.15, -0.1) is 0 Å². The van der Waals surface area contributed by atoms with Crippen LogP contribution in [0.5, 0.6) is 0 Å². The molecule has 0 saturated heterocycles. The van der Waals surface area contributed by atoms with Crippen molar-refractivity contribution < 1.29 is 4.42 Å². The number of benzene rings is 1. The fraction of sp³-hybridized carbons (Fsp3) is 0.167. The molecule has 88 valence electrons. The lowest BCUT2D eigenvalue weighted by Gasteiger charge is -1.99. The second-order valence-electron chi connectivity index (χ2n) is 3.53. The minimum Gasteiger partial charge on any atom is -0.372 e. The Labute approximate surface area is 96.8 Å². The van der Waals surface area contributed by atoms with Crippen molar-refractivity contribution in [1.82, 2.24) is 10.3 Å². The standard InChI is InChI=1S/C12H12N2O3/c1-13-7-3-5-8-4-2-6-9-10(8)11(15)17-12(16)14-9/h2-6,13H,7H2,1H3,(H,14,16). The maximum absolute atomic E-state index is 11.6. The van der Waals surface area contributed by atoms with E-state index in [1.54, 1.807) is 18.2 Å². The molecule has 1 aromatic carbocycles. The second kappa shape index (κ2) is 4.80. The molecule has 0 unspecified atom stereocenters. The first kappa shape index (κ1) is 11.3. The number of hydrogen-bond acceptors (Lipinski definition) is 4. The summed E-state index contributed by atoms with van der Waals surface area (Å²) in [4.78, 5) is 25.1. The quantitative estimate of drug-likeness (QED) is 0.817. The number of likely N-dealkylation sites (N-methyl/N-ethyl adjacent to an activating group) is 1. The first-order chi connectivity index (χ1) is 8.22. The summed E-state index contributed by atoms with van der Waals surface area (Å²) in [5.74, 6) is -0.737. The molecule has 0 saturated carbocycles. The molecule has 0 spiro atoms. The number of aromatic nitrogens is 1. The third-order valence-corrected chi connectivity index (χ3v) is 2.34. The van der Waals surface area contributed by atoms with E-state index in [2.05, 4.69) is 14.7 Å². The molecule has 0 amide bonds. The van der Waals surface area contributed by atoms with Crippen molar-refractivity contribution in [2.45, 2.75) is 0 Å². The molecule has 2 aromatic rings. The van der Waals surface area contributed by atoms with Gasteiger partial charge in [0.05, 0.1) is 10.9 Å². The number of aromatic amines is 1. The lowest BCUT2D eigenvalue weighted by molar-refractivity contribution is 0.460. The molecule has 1 heterocycles. The van der Waals surface area contributed by atoms with Gasteiger partial charge in [0.15, 0.2) is 0 Å². The van der Waals surface area contributed by atoms with Gasteiger partial charge in [-0.2, -0.15) is 0 Å². The van der Waals surface area contributed by atoms with Gasteiger partial charge in [-0.3, -0.25) is 4.98 Å². The Morgan fingerprint density at radius 3 is 3.00 bits per heavy atom. The maximum atomic E-state index is 11.6. The van der Waals surface area contributed by atoms with Crippen LogP contribution in [-0.2, 0) is 0 Å². The summed E-state index contributed by atoms with van der Waals surface area (Å²) in [6.07, 6.45) is 3.70. The van der Waals surface area contributed by atoms with Gasteiger partial charge in [0.25, 0.3) is 0 Å². The van der Waals surface area contributed by atoms with Gasteiger partial charge in [-0.05, 0) is 18.7 Å². The van der Waals surface area contributed by atoms with Crippen LogP contribution in [-0.4, -0.2) is 18.6 Å². The summed E-state index contributed by atoms with van der Waals surface area (Å²) in [5.41, 5.74) is 0.592. The predicted molar refractivity (Wildman–Crippen MR) is 66.1 cm³/mol. The van der Waals surface area contributed by atoms with E-state index in [1.807, 2.05) is 19.2 Å². The van der Waals surface area contributed by atoms with E-state index in [9.17, 15) is 9.59 Å². The van der Waals surface area contributed by atoms with Gasteiger partial charge in [-0.25, -0.2) is 9.59 Å². The molecular formula is C12H12N2O3. The highest BCUT2D eigenvalue weighted by Gasteiger charge is 2.05. The second-order valence-corrected chi connectivity index (χ2v) is 3.53. The molecule has 5 nitrogen and oxygen atoms in total. The maximum Gasteiger partial charge on any atom is 0.419 e. The molecule has 17 heavy (non-hydrogen) atoms. The SMILES string of the molecule is CNCC=Cc1cccc2[nH]c(=O)oc(=O)c12. The number of hydrogen-bond donors (Lipinski definition) is 2. The number of nitrogens with one attached hydrogen (secondary N) is 2. The smallest absolute Gasteiger partial charge is 0.372 e. The molecule has 0 aliphatic carbocycles. The number of H-pyrrole nitrogens is 1. The summed E-state index contributed by atoms with van der Waals surface area (Å²) >= 11 is 0. The lowest BCUT2D eigenvalue weighted by atomic mass is 10.1.